The highest BCUT2D eigenvalue weighted by Crippen LogP contribution is 2.63. The minimum absolute atomic E-state index is 0.151. The molecule has 2 aliphatic heterocycles. The number of furan rings is 1. The van der Waals surface area contributed by atoms with Crippen LogP contribution in [0.5, 0.6) is 0 Å². The Hall–Kier alpha value is -4.08. The molecule has 4 amide bonds. The van der Waals surface area contributed by atoms with Crippen LogP contribution < -0.4 is 9.80 Å². The number of rotatable bonds is 4. The molecule has 1 saturated carbocycles. The van der Waals surface area contributed by atoms with Crippen molar-refractivity contribution in [2.24, 2.45) is 29.1 Å². The number of carbonyl (C=O) groups is 4. The summed E-state index contributed by atoms with van der Waals surface area (Å²) in [4.78, 5) is 58.3. The summed E-state index contributed by atoms with van der Waals surface area (Å²) in [6.45, 7) is 1.36. The lowest BCUT2D eigenvalue weighted by atomic mass is 9.52. The van der Waals surface area contributed by atoms with Gasteiger partial charge in [-0.15, -0.1) is 0 Å². The number of amides is 4. The maximum Gasteiger partial charge on any atom is 0.241 e. The number of hydrogen-bond acceptors (Lipinski definition) is 6. The van der Waals surface area contributed by atoms with Gasteiger partial charge in [0.15, 0.2) is 0 Å². The van der Waals surface area contributed by atoms with E-state index in [0.29, 0.717) is 23.6 Å². The highest BCUT2D eigenvalue weighted by molar-refractivity contribution is 6.31. The van der Waals surface area contributed by atoms with Crippen LogP contribution in [0.15, 0.2) is 76.7 Å². The molecule has 3 aromatic rings. The number of allylic oxidation sites excluding steroid dienone is 2. The number of benzene rings is 2. The summed E-state index contributed by atoms with van der Waals surface area (Å²) in [6, 6.07) is 15.7. The zero-order valence-electron chi connectivity index (χ0n) is 22.5. The predicted molar refractivity (Wildman–Crippen MR) is 150 cm³/mol. The summed E-state index contributed by atoms with van der Waals surface area (Å²) in [5.41, 5.74) is 0.0944. The van der Waals surface area contributed by atoms with E-state index in [1.54, 1.807) is 49.4 Å². The molecular weight excluding hydrogens is 563 g/mol. The Morgan fingerprint density at radius 3 is 2.40 bits per heavy atom. The first kappa shape index (κ1) is 26.8. The maximum absolute atomic E-state index is 14.3. The maximum atomic E-state index is 14.3. The average molecular weight is 589 g/mol. The molecule has 8 nitrogen and oxygen atoms in total. The van der Waals surface area contributed by atoms with Crippen molar-refractivity contribution in [1.29, 1.82) is 0 Å². The zero-order valence-corrected chi connectivity index (χ0v) is 23.3. The molecule has 7 rings (SSSR count). The van der Waals surface area contributed by atoms with Gasteiger partial charge in [0, 0.05) is 0 Å². The number of anilines is 2. The molecule has 2 saturated heterocycles. The number of aliphatic hydroxyl groups is 1. The van der Waals surface area contributed by atoms with Gasteiger partial charge < -0.3 is 9.52 Å². The molecule has 10 heteroatoms. The fourth-order valence-corrected chi connectivity index (χ4v) is 7.83. The predicted octanol–water partition coefficient (Wildman–Crippen LogP) is 5.00. The largest absolute Gasteiger partial charge is 0.463 e. The van der Waals surface area contributed by atoms with E-state index >= 15 is 0 Å². The number of halogens is 2. The number of aliphatic hydroxyl groups excluding tert-OH is 1. The molecular formula is C32H26ClFN2O6. The zero-order chi connectivity index (χ0) is 29.5. The van der Waals surface area contributed by atoms with Crippen LogP contribution in [-0.2, 0) is 25.8 Å². The van der Waals surface area contributed by atoms with Gasteiger partial charge in [-0.25, -0.2) is 9.29 Å². The van der Waals surface area contributed by atoms with E-state index in [1.807, 2.05) is 6.08 Å². The van der Waals surface area contributed by atoms with Crippen LogP contribution in [0.2, 0.25) is 5.02 Å². The van der Waals surface area contributed by atoms with Gasteiger partial charge in [-0.2, -0.15) is 0 Å². The van der Waals surface area contributed by atoms with Crippen molar-refractivity contribution in [2.75, 3.05) is 9.80 Å². The van der Waals surface area contributed by atoms with Crippen LogP contribution in [0.1, 0.15) is 37.2 Å². The Kier molecular flexibility index (Phi) is 6.04. The summed E-state index contributed by atoms with van der Waals surface area (Å²) in [5, 5.41) is 9.50. The van der Waals surface area contributed by atoms with Crippen molar-refractivity contribution in [3.8, 4) is 0 Å². The van der Waals surface area contributed by atoms with Gasteiger partial charge in [0.2, 0.25) is 23.6 Å². The monoisotopic (exact) mass is 588 g/mol. The van der Waals surface area contributed by atoms with Crippen LogP contribution in [-0.4, -0.2) is 28.7 Å². The molecule has 2 aliphatic carbocycles. The third-order valence-corrected chi connectivity index (χ3v) is 9.86. The van der Waals surface area contributed by atoms with Gasteiger partial charge >= 0.3 is 0 Å². The minimum atomic E-state index is -1.32. The Morgan fingerprint density at radius 2 is 1.71 bits per heavy atom. The van der Waals surface area contributed by atoms with E-state index in [4.69, 9.17) is 16.0 Å². The molecule has 2 aromatic carbocycles. The molecule has 4 aliphatic rings. The molecule has 3 fully saturated rings. The summed E-state index contributed by atoms with van der Waals surface area (Å²) < 4.78 is 20.0. The Bertz CT molecular complexity index is 1700. The lowest BCUT2D eigenvalue weighted by Crippen LogP contribution is -2.48. The first-order valence-corrected chi connectivity index (χ1v) is 14.2. The van der Waals surface area contributed by atoms with E-state index in [0.717, 1.165) is 16.5 Å². The highest BCUT2D eigenvalue weighted by Gasteiger charge is 2.68. The smallest absolute Gasteiger partial charge is 0.241 e. The van der Waals surface area contributed by atoms with Crippen molar-refractivity contribution < 1.29 is 33.1 Å². The van der Waals surface area contributed by atoms with E-state index in [-0.39, 0.29) is 35.6 Å². The molecule has 3 heterocycles. The van der Waals surface area contributed by atoms with Gasteiger partial charge in [-0.3, -0.25) is 24.1 Å². The molecule has 214 valence electrons. The van der Waals surface area contributed by atoms with Crippen molar-refractivity contribution in [2.45, 2.75) is 32.3 Å². The van der Waals surface area contributed by atoms with Gasteiger partial charge in [-0.05, 0) is 68.1 Å². The SMILES string of the molecule is C[C@@]12C(=O)N(c3ccc(F)c(Cl)c3)C(=O)[C@@H]1C[C@@H]1C(=CC[C@@H]3C(=O)N(c4ccccc4)C(=O)[C@@H]31)[C@@H]2c1ccc(CO)o1. The van der Waals surface area contributed by atoms with Gasteiger partial charge in [0.05, 0.1) is 45.5 Å². The Labute approximate surface area is 245 Å². The van der Waals surface area contributed by atoms with E-state index in [9.17, 15) is 28.7 Å². The first-order chi connectivity index (χ1) is 20.2. The van der Waals surface area contributed by atoms with E-state index in [2.05, 4.69) is 0 Å². The Balaban J connectivity index is 1.36. The average Bonchev–Trinajstić information content (AvgIpc) is 3.61. The van der Waals surface area contributed by atoms with Crippen molar-refractivity contribution in [1.82, 2.24) is 0 Å². The normalized spacial score (nSPS) is 30.4. The standard InChI is InChI=1S/C32H26ClFN2O6/c1-32-22(29(39)36(31(32)41)17-7-11-24(34)23(33)13-17)14-21-19(27(32)25-12-8-18(15-37)42-25)9-10-20-26(21)30(40)35(28(20)38)16-5-3-2-4-6-16/h2-9,11-13,20-22,26-27,37H,10,14-15H2,1H3/t20-,21+,22-,26-,27+,32+/m0/s1. The van der Waals surface area contributed by atoms with Gasteiger partial charge in [0.1, 0.15) is 23.9 Å². The second-order valence-corrected chi connectivity index (χ2v) is 12.0. The highest BCUT2D eigenvalue weighted by atomic mass is 35.5. The number of nitrogens with zero attached hydrogens (tertiary/aromatic N) is 2. The third-order valence-electron chi connectivity index (χ3n) is 9.57. The number of imide groups is 2. The van der Waals surface area contributed by atoms with Crippen LogP contribution >= 0.6 is 11.6 Å². The van der Waals surface area contributed by atoms with Gasteiger partial charge in [-0.1, -0.05) is 41.4 Å². The van der Waals surface area contributed by atoms with Crippen molar-refractivity contribution in [3.05, 3.63) is 94.7 Å². The van der Waals surface area contributed by atoms with Gasteiger partial charge in [0.25, 0.3) is 0 Å². The first-order valence-electron chi connectivity index (χ1n) is 13.8. The number of carbonyl (C=O) groups excluding carboxylic acids is 4. The summed E-state index contributed by atoms with van der Waals surface area (Å²) in [5.74, 6) is -5.01. The minimum Gasteiger partial charge on any atom is -0.463 e. The van der Waals surface area contributed by atoms with E-state index < -0.39 is 52.6 Å². The third kappa shape index (κ3) is 3.56. The van der Waals surface area contributed by atoms with Crippen molar-refractivity contribution in [3.63, 3.8) is 0 Å². The quantitative estimate of drug-likeness (QED) is 0.339. The topological polar surface area (TPSA) is 108 Å². The molecule has 1 aromatic heterocycles. The summed E-state index contributed by atoms with van der Waals surface area (Å²) in [6.07, 6.45) is 2.40. The second-order valence-electron chi connectivity index (χ2n) is 11.6. The molecule has 0 unspecified atom stereocenters. The lowest BCUT2D eigenvalue weighted by molar-refractivity contribution is -0.131. The molecule has 1 N–H and O–H groups in total. The van der Waals surface area contributed by atoms with Crippen LogP contribution in [0.25, 0.3) is 0 Å². The molecule has 0 radical (unpaired) electrons. The number of hydrogen-bond donors (Lipinski definition) is 1. The van der Waals surface area contributed by atoms with Crippen LogP contribution in [0.3, 0.4) is 0 Å². The van der Waals surface area contributed by atoms with Crippen LogP contribution in [0, 0.1) is 34.9 Å². The van der Waals surface area contributed by atoms with Crippen molar-refractivity contribution >= 4 is 46.6 Å². The molecule has 6 atom stereocenters. The van der Waals surface area contributed by atoms with Crippen LogP contribution in [0.4, 0.5) is 15.8 Å². The molecule has 0 spiro atoms. The fourth-order valence-electron chi connectivity index (χ4n) is 7.65. The Morgan fingerprint density at radius 1 is 0.952 bits per heavy atom. The number of fused-ring (bicyclic) bond motifs is 4. The fraction of sp³-hybridized carbons (Fsp3) is 0.312. The van der Waals surface area contributed by atoms with E-state index in [1.165, 1.54) is 17.0 Å². The molecule has 42 heavy (non-hydrogen) atoms. The summed E-state index contributed by atoms with van der Waals surface area (Å²) in [7, 11) is 0. The lowest BCUT2D eigenvalue weighted by Gasteiger charge is -2.48. The number of para-hydroxylation sites is 1. The second kappa shape index (κ2) is 9.47. The molecule has 0 bridgehead atoms. The summed E-state index contributed by atoms with van der Waals surface area (Å²) >= 11 is 6.03.